The Hall–Kier alpha value is -3.07. The summed E-state index contributed by atoms with van der Waals surface area (Å²) in [5.74, 6) is 2.21. The first kappa shape index (κ1) is 32.3. The molecule has 0 radical (unpaired) electrons. The fraction of sp³-hybridized carbons (Fsp3) is 0.333. The molecule has 0 spiro atoms. The van der Waals surface area contributed by atoms with Crippen molar-refractivity contribution in [3.8, 4) is 17.2 Å². The lowest BCUT2D eigenvalue weighted by atomic mass is 9.80. The number of rotatable bonds is 12. The molecule has 5 rings (SSSR count). The van der Waals surface area contributed by atoms with Crippen LogP contribution >= 0.6 is 27.5 Å². The number of likely N-dealkylation sites (N-methyl/N-ethyl adjacent to an activating group) is 1. The fourth-order valence-electron chi connectivity index (χ4n) is 5.64. The molecular formula is C36H40BrClN2O4. The maximum absolute atomic E-state index is 7.23. The molecule has 0 unspecified atom stereocenters. The molecule has 0 saturated carbocycles. The van der Waals surface area contributed by atoms with Crippen molar-refractivity contribution in [2.24, 2.45) is 0 Å². The zero-order valence-electron chi connectivity index (χ0n) is 25.8. The number of hydrogen-bond donors (Lipinski definition) is 0. The number of piperazine rings is 1. The average molecular weight is 680 g/mol. The van der Waals surface area contributed by atoms with Gasteiger partial charge in [-0.15, -0.1) is 0 Å². The molecule has 8 heteroatoms. The predicted octanol–water partition coefficient (Wildman–Crippen LogP) is 7.43. The van der Waals surface area contributed by atoms with Crippen LogP contribution in [-0.2, 0) is 10.3 Å². The number of nitrogens with zero attached hydrogens (tertiary/aromatic N) is 2. The summed E-state index contributed by atoms with van der Waals surface area (Å²) in [6, 6.07) is 30.4. The molecule has 232 valence electrons. The number of halogens is 2. The minimum atomic E-state index is -0.942. The van der Waals surface area contributed by atoms with Gasteiger partial charge in [0.25, 0.3) is 0 Å². The fourth-order valence-corrected chi connectivity index (χ4v) is 6.30. The van der Waals surface area contributed by atoms with E-state index < -0.39 is 5.60 Å². The molecule has 0 aliphatic carbocycles. The second kappa shape index (κ2) is 14.8. The van der Waals surface area contributed by atoms with E-state index in [-0.39, 0.29) is 6.10 Å². The van der Waals surface area contributed by atoms with Crippen LogP contribution in [0.5, 0.6) is 17.2 Å². The molecule has 44 heavy (non-hydrogen) atoms. The van der Waals surface area contributed by atoms with Crippen molar-refractivity contribution in [2.45, 2.75) is 18.6 Å². The van der Waals surface area contributed by atoms with E-state index in [1.807, 2.05) is 61.5 Å². The Kier molecular flexibility index (Phi) is 10.9. The van der Waals surface area contributed by atoms with Crippen LogP contribution in [0.1, 0.15) is 22.3 Å². The zero-order valence-corrected chi connectivity index (χ0v) is 28.1. The SMILES string of the molecule is COc1ccc(C(OC[C@@H](CN2CCN(C)CC2)Oc2ccc(Br)c(C)c2Cl)(c2ccccc2)c2ccc(OC)cc2)cc1. The van der Waals surface area contributed by atoms with Crippen LogP contribution in [0.4, 0.5) is 0 Å². The summed E-state index contributed by atoms with van der Waals surface area (Å²) in [5, 5.41) is 0.599. The normalized spacial score (nSPS) is 15.1. The zero-order chi connectivity index (χ0) is 31.1. The topological polar surface area (TPSA) is 43.4 Å². The Labute approximate surface area is 274 Å². The Morgan fingerprint density at radius 3 is 1.86 bits per heavy atom. The molecule has 0 N–H and O–H groups in total. The molecule has 4 aromatic carbocycles. The third-order valence-electron chi connectivity index (χ3n) is 8.30. The van der Waals surface area contributed by atoms with Crippen molar-refractivity contribution in [3.63, 3.8) is 0 Å². The molecule has 1 fully saturated rings. The monoisotopic (exact) mass is 678 g/mol. The predicted molar refractivity (Wildman–Crippen MR) is 181 cm³/mol. The van der Waals surface area contributed by atoms with Gasteiger partial charge in [0.1, 0.15) is 29.0 Å². The number of benzene rings is 4. The lowest BCUT2D eigenvalue weighted by molar-refractivity contribution is -0.0410. The van der Waals surface area contributed by atoms with Gasteiger partial charge < -0.3 is 23.8 Å². The highest BCUT2D eigenvalue weighted by Gasteiger charge is 2.39. The standard InChI is InChI=1S/C36H40BrClN2O4/c1-26-33(37)18-19-34(35(26)38)44-32(24-40-22-20-39(2)21-23-40)25-43-36(27-8-6-5-7-9-27,28-10-14-30(41-3)15-11-28)29-12-16-31(42-4)17-13-29/h5-19,32H,20-25H2,1-4H3/t32-/m1/s1. The summed E-state index contributed by atoms with van der Waals surface area (Å²) in [5.41, 5.74) is 2.96. The van der Waals surface area contributed by atoms with Gasteiger partial charge in [0.2, 0.25) is 0 Å². The highest BCUT2D eigenvalue weighted by molar-refractivity contribution is 9.10. The van der Waals surface area contributed by atoms with Gasteiger partial charge in [-0.1, -0.05) is 82.1 Å². The van der Waals surface area contributed by atoms with E-state index in [4.69, 9.17) is 30.5 Å². The molecular weight excluding hydrogens is 640 g/mol. The summed E-state index contributed by atoms with van der Waals surface area (Å²) < 4.78 is 25.9. The first-order chi connectivity index (χ1) is 21.3. The van der Waals surface area contributed by atoms with Crippen LogP contribution in [0.15, 0.2) is 95.5 Å². The first-order valence-electron chi connectivity index (χ1n) is 14.8. The highest BCUT2D eigenvalue weighted by Crippen LogP contribution is 2.42. The van der Waals surface area contributed by atoms with E-state index in [9.17, 15) is 0 Å². The van der Waals surface area contributed by atoms with Crippen LogP contribution in [0, 0.1) is 6.92 Å². The Morgan fingerprint density at radius 2 is 1.32 bits per heavy atom. The second-order valence-corrected chi connectivity index (χ2v) is 12.4. The summed E-state index contributed by atoms with van der Waals surface area (Å²) >= 11 is 10.4. The van der Waals surface area contributed by atoms with E-state index in [1.165, 1.54) is 0 Å². The second-order valence-electron chi connectivity index (χ2n) is 11.1. The van der Waals surface area contributed by atoms with E-state index in [0.29, 0.717) is 23.9 Å². The molecule has 1 saturated heterocycles. The van der Waals surface area contributed by atoms with E-state index in [2.05, 4.69) is 69.2 Å². The van der Waals surface area contributed by atoms with Crippen molar-refractivity contribution >= 4 is 27.5 Å². The van der Waals surface area contributed by atoms with Crippen molar-refractivity contribution in [1.82, 2.24) is 9.80 Å². The molecule has 1 aliphatic heterocycles. The number of methoxy groups -OCH3 is 2. The lowest BCUT2D eigenvalue weighted by Gasteiger charge is -2.39. The van der Waals surface area contributed by atoms with Crippen molar-refractivity contribution in [2.75, 3.05) is 60.6 Å². The van der Waals surface area contributed by atoms with Gasteiger partial charge >= 0.3 is 0 Å². The summed E-state index contributed by atoms with van der Waals surface area (Å²) in [6.45, 7) is 6.95. The highest BCUT2D eigenvalue weighted by atomic mass is 79.9. The molecule has 1 aliphatic rings. The van der Waals surface area contributed by atoms with Crippen LogP contribution in [0.3, 0.4) is 0 Å². The Balaban J connectivity index is 1.57. The van der Waals surface area contributed by atoms with Gasteiger partial charge in [-0.25, -0.2) is 0 Å². The third kappa shape index (κ3) is 7.24. The number of ether oxygens (including phenoxy) is 4. The summed E-state index contributed by atoms with van der Waals surface area (Å²) in [6.07, 6.45) is -0.295. The van der Waals surface area contributed by atoms with Gasteiger partial charge in [0, 0.05) is 37.2 Å². The van der Waals surface area contributed by atoms with Crippen LogP contribution in [0.25, 0.3) is 0 Å². The molecule has 1 atom stereocenters. The van der Waals surface area contributed by atoms with Crippen LogP contribution < -0.4 is 14.2 Å². The maximum Gasteiger partial charge on any atom is 0.143 e. The van der Waals surface area contributed by atoms with E-state index in [1.54, 1.807) is 14.2 Å². The van der Waals surface area contributed by atoms with Crippen molar-refractivity contribution in [3.05, 3.63) is 123 Å². The molecule has 0 amide bonds. The van der Waals surface area contributed by atoms with Crippen molar-refractivity contribution in [1.29, 1.82) is 0 Å². The Bertz CT molecular complexity index is 1450. The molecule has 0 aromatic heterocycles. The molecule has 0 bridgehead atoms. The van der Waals surface area contributed by atoms with Gasteiger partial charge in [-0.2, -0.15) is 0 Å². The smallest absolute Gasteiger partial charge is 0.143 e. The van der Waals surface area contributed by atoms with E-state index in [0.717, 1.165) is 64.4 Å². The maximum atomic E-state index is 7.23. The quantitative estimate of drug-likeness (QED) is 0.145. The third-order valence-corrected chi connectivity index (χ3v) is 9.62. The lowest BCUT2D eigenvalue weighted by Crippen LogP contribution is -2.49. The average Bonchev–Trinajstić information content (AvgIpc) is 3.07. The molecule has 6 nitrogen and oxygen atoms in total. The van der Waals surface area contributed by atoms with E-state index >= 15 is 0 Å². The van der Waals surface area contributed by atoms with Crippen molar-refractivity contribution < 1.29 is 18.9 Å². The van der Waals surface area contributed by atoms with Crippen LogP contribution in [0.2, 0.25) is 5.02 Å². The largest absolute Gasteiger partial charge is 0.497 e. The molecule has 4 aromatic rings. The Morgan fingerprint density at radius 1 is 0.773 bits per heavy atom. The van der Waals surface area contributed by atoms with Gasteiger partial charge in [-0.05, 0) is 72.6 Å². The number of hydrogen-bond acceptors (Lipinski definition) is 6. The minimum absolute atomic E-state index is 0.295. The van der Waals surface area contributed by atoms with Gasteiger partial charge in [0.05, 0.1) is 25.8 Å². The molecule has 1 heterocycles. The summed E-state index contributed by atoms with van der Waals surface area (Å²) in [4.78, 5) is 4.80. The van der Waals surface area contributed by atoms with Crippen LogP contribution in [-0.4, -0.2) is 76.5 Å². The minimum Gasteiger partial charge on any atom is -0.497 e. The summed E-state index contributed by atoms with van der Waals surface area (Å²) in [7, 11) is 5.51. The van der Waals surface area contributed by atoms with Gasteiger partial charge in [-0.3, -0.25) is 4.90 Å². The first-order valence-corrected chi connectivity index (χ1v) is 16.0. The van der Waals surface area contributed by atoms with Gasteiger partial charge in [0.15, 0.2) is 0 Å².